The molecule has 0 saturated heterocycles. The van der Waals surface area contributed by atoms with Crippen LogP contribution in [0.1, 0.15) is 110 Å². The first-order valence-corrected chi connectivity index (χ1v) is 17.9. The summed E-state index contributed by atoms with van der Waals surface area (Å²) in [4.78, 5) is 11.4. The Morgan fingerprint density at radius 2 is 1.12 bits per heavy atom. The summed E-state index contributed by atoms with van der Waals surface area (Å²) >= 11 is 0. The van der Waals surface area contributed by atoms with Crippen molar-refractivity contribution in [3.05, 3.63) is 65.2 Å². The summed E-state index contributed by atoms with van der Waals surface area (Å²) in [7, 11) is -9.66. The summed E-state index contributed by atoms with van der Waals surface area (Å²) in [6, 6.07) is 12.3. The first-order chi connectivity index (χ1) is 21.5. The minimum atomic E-state index is -5.61. The summed E-state index contributed by atoms with van der Waals surface area (Å²) in [5.41, 5.74) is -1.85. The highest BCUT2D eigenvalue weighted by Gasteiger charge is 2.53. The van der Waals surface area contributed by atoms with E-state index < -0.39 is 54.8 Å². The van der Waals surface area contributed by atoms with Gasteiger partial charge in [0.1, 0.15) is 0 Å². The van der Waals surface area contributed by atoms with Crippen molar-refractivity contribution in [2.75, 3.05) is 0 Å². The van der Waals surface area contributed by atoms with E-state index in [-0.39, 0.29) is 10.5 Å². The quantitative estimate of drug-likeness (QED) is 0.118. The Morgan fingerprint density at radius 1 is 0.750 bits per heavy atom. The van der Waals surface area contributed by atoms with Gasteiger partial charge in [-0.15, -0.1) is 0 Å². The second-order valence-corrected chi connectivity index (χ2v) is 15.1. The summed E-state index contributed by atoms with van der Waals surface area (Å²) in [6.45, 7) is 14.3. The minimum absolute atomic E-state index is 0.0513. The van der Waals surface area contributed by atoms with E-state index in [4.69, 9.17) is 9.11 Å². The largest absolute Gasteiger partial charge is 0.455 e. The van der Waals surface area contributed by atoms with E-state index in [1.54, 1.807) is 31.2 Å². The molecule has 4 unspecified atom stereocenters. The number of hydrogen-bond donors (Lipinski definition) is 3. The maximum absolute atomic E-state index is 13.1. The van der Waals surface area contributed by atoms with Crippen LogP contribution < -0.4 is 0 Å². The van der Waals surface area contributed by atoms with E-state index in [1.807, 2.05) is 13.8 Å². The highest BCUT2D eigenvalue weighted by Crippen LogP contribution is 2.39. The Kier molecular flexibility index (Phi) is 16.4. The molecule has 0 bridgehead atoms. The molecule has 0 aliphatic carbocycles. The highest BCUT2D eigenvalue weighted by molar-refractivity contribution is 7.87. The van der Waals surface area contributed by atoms with E-state index in [0.717, 1.165) is 30.9 Å². The van der Waals surface area contributed by atoms with Gasteiger partial charge in [-0.05, 0) is 87.6 Å². The predicted octanol–water partition coefficient (Wildman–Crippen LogP) is 8.25. The molecule has 2 aromatic rings. The average Bonchev–Trinajstić information content (AvgIpc) is 2.99. The molecule has 0 saturated carbocycles. The van der Waals surface area contributed by atoms with Crippen molar-refractivity contribution >= 4 is 26.2 Å². The van der Waals surface area contributed by atoms with Gasteiger partial charge >= 0.3 is 27.5 Å². The maximum Gasteiger partial charge on any atom is 0.421 e. The van der Waals surface area contributed by atoms with Crippen LogP contribution in [0.15, 0.2) is 53.4 Å². The van der Waals surface area contributed by atoms with Crippen molar-refractivity contribution in [3.8, 4) is 0 Å². The number of rotatable bonds is 11. The standard InChI is InChI=1S/C13H17F3O.C10H14O3S.C9H16F2O5S/c1-4-9(2)10-5-7-11(8-6-10)12(3,17)13(14,15)16;1-3-8(2)9-4-6-10(7-5-9)14(11,12)13;1-5-8(3,4)7(12)16-6(2)9(10,11)17(13,14)15/h5-9,17H,4H2,1-3H3;4-8H,3H2,1-2H3,(H,11,12,13);6H,5H2,1-4H3,(H,13,14,15). The molecule has 0 heterocycles. The summed E-state index contributed by atoms with van der Waals surface area (Å²) < 4.78 is 128. The Labute approximate surface area is 280 Å². The molecule has 16 heteroatoms. The van der Waals surface area contributed by atoms with E-state index >= 15 is 0 Å². The lowest BCUT2D eigenvalue weighted by atomic mass is 9.91. The van der Waals surface area contributed by atoms with E-state index in [2.05, 4.69) is 18.6 Å². The number of aliphatic hydroxyl groups is 1. The molecular weight excluding hydrogens is 687 g/mol. The zero-order chi connectivity index (χ0) is 38.1. The molecule has 0 radical (unpaired) electrons. The Bertz CT molecular complexity index is 1520. The van der Waals surface area contributed by atoms with Crippen LogP contribution in [0.4, 0.5) is 22.0 Å². The number of alkyl halides is 5. The molecular formula is C32H47F5O9S2. The van der Waals surface area contributed by atoms with Crippen LogP contribution >= 0.6 is 0 Å². The number of carbonyl (C=O) groups excluding carboxylic acids is 1. The van der Waals surface area contributed by atoms with Gasteiger partial charge in [0, 0.05) is 0 Å². The van der Waals surface area contributed by atoms with Crippen molar-refractivity contribution in [1.29, 1.82) is 0 Å². The fraction of sp³-hybridized carbons (Fsp3) is 0.594. The van der Waals surface area contributed by atoms with Gasteiger partial charge < -0.3 is 9.84 Å². The molecule has 9 nitrogen and oxygen atoms in total. The zero-order valence-electron chi connectivity index (χ0n) is 28.5. The number of benzene rings is 2. The van der Waals surface area contributed by atoms with E-state index in [0.29, 0.717) is 25.2 Å². The summed E-state index contributed by atoms with van der Waals surface area (Å²) in [5.74, 6) is -0.235. The lowest BCUT2D eigenvalue weighted by molar-refractivity contribution is -0.258. The first-order valence-electron chi connectivity index (χ1n) is 15.0. The van der Waals surface area contributed by atoms with Crippen LogP contribution in [0, 0.1) is 5.41 Å². The minimum Gasteiger partial charge on any atom is -0.455 e. The maximum atomic E-state index is 13.1. The van der Waals surface area contributed by atoms with Crippen LogP contribution in [0.2, 0.25) is 0 Å². The molecule has 0 aliphatic heterocycles. The molecule has 0 aliphatic rings. The van der Waals surface area contributed by atoms with E-state index in [9.17, 15) is 48.7 Å². The lowest BCUT2D eigenvalue weighted by Gasteiger charge is -2.27. The van der Waals surface area contributed by atoms with Gasteiger partial charge in [-0.1, -0.05) is 71.0 Å². The van der Waals surface area contributed by atoms with Gasteiger partial charge in [0.25, 0.3) is 10.1 Å². The predicted molar refractivity (Wildman–Crippen MR) is 172 cm³/mol. The van der Waals surface area contributed by atoms with Gasteiger partial charge in [0.2, 0.25) is 0 Å². The van der Waals surface area contributed by atoms with Crippen molar-refractivity contribution in [2.24, 2.45) is 5.41 Å². The van der Waals surface area contributed by atoms with Crippen molar-refractivity contribution in [1.82, 2.24) is 0 Å². The normalized spacial score (nSPS) is 15.8. The van der Waals surface area contributed by atoms with Gasteiger partial charge in [0.05, 0.1) is 10.3 Å². The Morgan fingerprint density at radius 3 is 1.42 bits per heavy atom. The van der Waals surface area contributed by atoms with Gasteiger partial charge in [0.15, 0.2) is 11.7 Å². The van der Waals surface area contributed by atoms with Gasteiger partial charge in [-0.25, -0.2) is 0 Å². The number of halogens is 5. The Hall–Kier alpha value is -2.66. The molecule has 2 rings (SSSR count). The fourth-order valence-electron chi connectivity index (χ4n) is 3.48. The Balaban J connectivity index is 0.000000694. The highest BCUT2D eigenvalue weighted by atomic mass is 32.2. The second-order valence-electron chi connectivity index (χ2n) is 12.2. The number of hydrogen-bond acceptors (Lipinski definition) is 7. The third kappa shape index (κ3) is 12.7. The van der Waals surface area contributed by atoms with Gasteiger partial charge in [-0.3, -0.25) is 13.9 Å². The van der Waals surface area contributed by atoms with Gasteiger partial charge in [-0.2, -0.15) is 38.8 Å². The first kappa shape index (κ1) is 45.3. The van der Waals surface area contributed by atoms with Crippen molar-refractivity contribution in [3.63, 3.8) is 0 Å². The van der Waals surface area contributed by atoms with Crippen LogP contribution in [-0.2, 0) is 35.4 Å². The van der Waals surface area contributed by atoms with E-state index in [1.165, 1.54) is 38.1 Å². The number of esters is 1. The van der Waals surface area contributed by atoms with Crippen molar-refractivity contribution in [2.45, 2.75) is 121 Å². The zero-order valence-corrected chi connectivity index (χ0v) is 30.1. The van der Waals surface area contributed by atoms with Crippen LogP contribution in [0.25, 0.3) is 0 Å². The lowest BCUT2D eigenvalue weighted by Crippen LogP contribution is -2.43. The molecule has 48 heavy (non-hydrogen) atoms. The number of ether oxygens (including phenoxy) is 1. The van der Waals surface area contributed by atoms with Crippen LogP contribution in [0.5, 0.6) is 0 Å². The molecule has 0 spiro atoms. The molecule has 0 aromatic heterocycles. The summed E-state index contributed by atoms with van der Waals surface area (Å²) in [6.07, 6.45) is -4.64. The van der Waals surface area contributed by atoms with Crippen LogP contribution in [-0.4, -0.2) is 54.6 Å². The van der Waals surface area contributed by atoms with Crippen molar-refractivity contribution < 1.29 is 62.5 Å². The molecule has 276 valence electrons. The third-order valence-electron chi connectivity index (χ3n) is 8.10. The summed E-state index contributed by atoms with van der Waals surface area (Å²) in [5, 5.41) is 4.96. The monoisotopic (exact) mass is 734 g/mol. The molecule has 0 amide bonds. The second kappa shape index (κ2) is 17.3. The van der Waals surface area contributed by atoms with Crippen LogP contribution in [0.3, 0.4) is 0 Å². The molecule has 2 aromatic carbocycles. The fourth-order valence-corrected chi connectivity index (χ4v) is 4.43. The third-order valence-corrected chi connectivity index (χ3v) is 9.99. The molecule has 4 atom stereocenters. The molecule has 3 N–H and O–H groups in total. The number of carbonyl (C=O) groups is 1. The SMILES string of the molecule is CCC(C)(C)C(=O)OC(C)C(F)(F)S(=O)(=O)O.CCC(C)c1ccc(C(C)(O)C(F)(F)F)cc1.CCC(C)c1ccc(S(=O)(=O)O)cc1. The average molecular weight is 735 g/mol. The topological polar surface area (TPSA) is 155 Å². The smallest absolute Gasteiger partial charge is 0.421 e. The molecule has 0 fully saturated rings.